The van der Waals surface area contributed by atoms with Crippen LogP contribution >= 0.6 is 12.4 Å². The Balaban J connectivity index is 0.000000778. The maximum Gasteiger partial charge on any atom is 0.375 e. The van der Waals surface area contributed by atoms with Crippen molar-refractivity contribution in [2.75, 3.05) is 13.2 Å². The number of aromatic carboxylic acids is 1. The predicted molar refractivity (Wildman–Crippen MR) is 205 cm³/mol. The third kappa shape index (κ3) is 16.2. The monoisotopic (exact) mass is 857 g/mol. The zero-order chi connectivity index (χ0) is 43.0. The van der Waals surface area contributed by atoms with Crippen molar-refractivity contribution in [3.05, 3.63) is 130 Å². The largest absolute Gasteiger partial charge is 0.476 e. The summed E-state index contributed by atoms with van der Waals surface area (Å²) in [6.07, 6.45) is -0.362. The lowest BCUT2D eigenvalue weighted by molar-refractivity contribution is -0.154. The van der Waals surface area contributed by atoms with Gasteiger partial charge in [0.15, 0.2) is 23.0 Å². The lowest BCUT2D eigenvalue weighted by Gasteiger charge is -2.05. The fourth-order valence-corrected chi connectivity index (χ4v) is 4.35. The molecule has 0 unspecified atom stereocenters. The van der Waals surface area contributed by atoms with E-state index in [1.54, 1.807) is 27.7 Å². The number of hydrogen-bond donors (Lipinski definition) is 2. The number of carboxylic acids is 1. The zero-order valence-corrected chi connectivity index (χ0v) is 32.3. The maximum atomic E-state index is 13.7. The molecule has 5 aromatic rings. The molecule has 2 aromatic heterocycles. The number of rotatable bonds is 10. The normalized spacial score (nSPS) is 9.76. The van der Waals surface area contributed by atoms with E-state index in [0.717, 1.165) is 35.0 Å². The number of aryl methyl sites for hydroxylation is 2. The fraction of sp³-hybridized carbons (Fsp3) is 0.256. The second-order valence-electron chi connectivity index (χ2n) is 11.3. The van der Waals surface area contributed by atoms with E-state index in [0.29, 0.717) is 17.0 Å². The molecule has 13 nitrogen and oxygen atoms in total. The van der Waals surface area contributed by atoms with Crippen LogP contribution in [-0.2, 0) is 30.4 Å². The molecular weight excluding hydrogens is 816 g/mol. The average molecular weight is 858 g/mol. The molecule has 320 valence electrons. The molecule has 0 radical (unpaired) electrons. The van der Waals surface area contributed by atoms with Crippen molar-refractivity contribution < 1.29 is 64.9 Å². The van der Waals surface area contributed by atoms with E-state index in [-0.39, 0.29) is 74.6 Å². The molecule has 0 amide bonds. The van der Waals surface area contributed by atoms with Gasteiger partial charge in [-0.2, -0.15) is 10.2 Å². The van der Waals surface area contributed by atoms with Gasteiger partial charge < -0.3 is 20.3 Å². The number of ether oxygens (including phenoxy) is 2. The number of carboxylic acid groups (broad SMARTS) is 1. The van der Waals surface area contributed by atoms with Crippen LogP contribution < -0.4 is 5.73 Å². The third-order valence-corrected chi connectivity index (χ3v) is 6.90. The highest BCUT2D eigenvalue weighted by molar-refractivity contribution is 6.36. The van der Waals surface area contributed by atoms with Crippen molar-refractivity contribution in [2.45, 2.75) is 55.0 Å². The van der Waals surface area contributed by atoms with Crippen LogP contribution in [0.15, 0.2) is 66.7 Å². The van der Waals surface area contributed by atoms with Crippen molar-refractivity contribution in [1.82, 2.24) is 19.6 Å². The number of ketones is 2. The van der Waals surface area contributed by atoms with Gasteiger partial charge in [0.25, 0.3) is 0 Å². The van der Waals surface area contributed by atoms with Gasteiger partial charge in [0.05, 0.1) is 19.6 Å². The van der Waals surface area contributed by atoms with Crippen LogP contribution in [0.5, 0.6) is 0 Å². The Morgan fingerprint density at radius 3 is 1.47 bits per heavy atom. The molecule has 2 heterocycles. The first-order chi connectivity index (χ1) is 26.8. The number of benzene rings is 3. The van der Waals surface area contributed by atoms with Gasteiger partial charge in [0.2, 0.25) is 5.78 Å². The Labute approximate surface area is 341 Å². The van der Waals surface area contributed by atoms with Crippen molar-refractivity contribution in [3.8, 4) is 11.4 Å². The van der Waals surface area contributed by atoms with Crippen LogP contribution in [0.2, 0.25) is 0 Å². The summed E-state index contributed by atoms with van der Waals surface area (Å²) in [5.41, 5.74) is 6.46. The molecule has 0 bridgehead atoms. The summed E-state index contributed by atoms with van der Waals surface area (Å²) in [5.74, 6) is -7.88. The smallest absolute Gasteiger partial charge is 0.375 e. The van der Waals surface area contributed by atoms with E-state index in [1.165, 1.54) is 48.0 Å². The molecule has 20 heteroatoms. The SMILES string of the molecule is C.CCOC(=O)C(=O)CC(C)=O.CCOC(=O)c1cc(C)n(-c2ccc(F)cc2F)n1.Cc1cc(C(=O)O)nn1-c1ccc(F)cc1F.Cl.NCc1ccc(F)cc1F. The van der Waals surface area contributed by atoms with Gasteiger partial charge in [-0.25, -0.2) is 50.1 Å². The van der Waals surface area contributed by atoms with Crippen LogP contribution in [-0.4, -0.2) is 67.4 Å². The first kappa shape index (κ1) is 52.7. The number of hydrogen-bond acceptors (Lipinski definition) is 10. The second kappa shape index (κ2) is 25.1. The highest BCUT2D eigenvalue weighted by atomic mass is 35.5. The Kier molecular flexibility index (Phi) is 22.4. The number of carbonyl (C=O) groups is 5. The van der Waals surface area contributed by atoms with Gasteiger partial charge >= 0.3 is 17.9 Å². The van der Waals surface area contributed by atoms with E-state index in [4.69, 9.17) is 15.6 Å². The van der Waals surface area contributed by atoms with Gasteiger partial charge in [0, 0.05) is 41.7 Å². The van der Waals surface area contributed by atoms with Gasteiger partial charge in [-0.15, -0.1) is 12.4 Å². The molecule has 0 fully saturated rings. The predicted octanol–water partition coefficient (Wildman–Crippen LogP) is 7.37. The minimum absolute atomic E-state index is 0. The summed E-state index contributed by atoms with van der Waals surface area (Å²) in [7, 11) is 0. The van der Waals surface area contributed by atoms with E-state index in [2.05, 4.69) is 14.9 Å². The van der Waals surface area contributed by atoms with E-state index in [9.17, 15) is 50.3 Å². The number of Topliss-reactive ketones (excluding diaryl/α,β-unsaturated/α-hetero) is 2. The van der Waals surface area contributed by atoms with Gasteiger partial charge in [-0.05, 0) is 77.1 Å². The Hall–Kier alpha value is -6.34. The number of aromatic nitrogens is 4. The van der Waals surface area contributed by atoms with E-state index >= 15 is 0 Å². The van der Waals surface area contributed by atoms with Crippen LogP contribution in [0.4, 0.5) is 26.3 Å². The highest BCUT2D eigenvalue weighted by Crippen LogP contribution is 2.19. The lowest BCUT2D eigenvalue weighted by atomic mass is 10.2. The summed E-state index contributed by atoms with van der Waals surface area (Å²) < 4.78 is 89.0. The Morgan fingerprint density at radius 1 is 0.678 bits per heavy atom. The Morgan fingerprint density at radius 2 is 1.10 bits per heavy atom. The van der Waals surface area contributed by atoms with Crippen molar-refractivity contribution >= 4 is 41.9 Å². The molecular formula is C39H42ClF6N5O8. The van der Waals surface area contributed by atoms with E-state index in [1.807, 2.05) is 0 Å². The minimum atomic E-state index is -1.20. The third-order valence-electron chi connectivity index (χ3n) is 6.90. The molecule has 0 aliphatic carbocycles. The first-order valence-corrected chi connectivity index (χ1v) is 16.6. The molecule has 0 saturated carbocycles. The number of esters is 2. The van der Waals surface area contributed by atoms with Gasteiger partial charge in [-0.3, -0.25) is 9.59 Å². The standard InChI is InChI=1S/C13H12F2N2O2.C11H8F2N2O2.C7H7F2N.C7H10O4.CH4.ClH/c1-3-19-13(18)11-6-8(2)17(16-11)12-5-4-9(14)7-10(12)15;1-6-4-9(11(16)17)14-15(6)10-3-2-7(12)5-8(10)13;8-6-2-1-5(4-10)7(9)3-6;1-3-11-7(10)6(9)4-5(2)8;;/h4-7H,3H2,1-2H3;2-5H,1H3,(H,16,17);1-3H,4,10H2;3-4H2,1-2H3;1H4;1H. The molecule has 59 heavy (non-hydrogen) atoms. The van der Waals surface area contributed by atoms with Crippen LogP contribution in [0.25, 0.3) is 11.4 Å². The molecule has 5 rings (SSSR count). The molecule has 0 aliphatic rings. The minimum Gasteiger partial charge on any atom is -0.476 e. The number of nitrogens with zero attached hydrogens (tertiary/aromatic N) is 4. The van der Waals surface area contributed by atoms with Crippen molar-refractivity contribution in [3.63, 3.8) is 0 Å². The summed E-state index contributed by atoms with van der Waals surface area (Å²) in [6.45, 7) is 8.27. The number of nitrogens with two attached hydrogens (primary N) is 1. The quantitative estimate of drug-likeness (QED) is 0.0618. The summed E-state index contributed by atoms with van der Waals surface area (Å²) in [6, 6.07) is 12.3. The molecule has 0 spiro atoms. The van der Waals surface area contributed by atoms with Crippen molar-refractivity contribution in [2.24, 2.45) is 5.73 Å². The van der Waals surface area contributed by atoms with Crippen molar-refractivity contribution in [1.29, 1.82) is 0 Å². The maximum absolute atomic E-state index is 13.7. The summed E-state index contributed by atoms with van der Waals surface area (Å²) >= 11 is 0. The first-order valence-electron chi connectivity index (χ1n) is 16.6. The highest BCUT2D eigenvalue weighted by Gasteiger charge is 2.18. The van der Waals surface area contributed by atoms with Gasteiger partial charge in [0.1, 0.15) is 40.4 Å². The average Bonchev–Trinajstić information content (AvgIpc) is 3.71. The van der Waals surface area contributed by atoms with Crippen LogP contribution in [0.3, 0.4) is 0 Å². The topological polar surface area (TPSA) is 186 Å². The van der Waals surface area contributed by atoms with Crippen LogP contribution in [0.1, 0.15) is 72.5 Å². The molecule has 3 aromatic carbocycles. The number of carbonyl (C=O) groups excluding carboxylic acids is 4. The molecule has 0 atom stereocenters. The molecule has 0 aliphatic heterocycles. The number of halogens is 7. The summed E-state index contributed by atoms with van der Waals surface area (Å²) in [4.78, 5) is 53.8. The van der Waals surface area contributed by atoms with E-state index < -0.39 is 58.6 Å². The molecule has 3 N–H and O–H groups in total. The fourth-order valence-electron chi connectivity index (χ4n) is 4.35. The van der Waals surface area contributed by atoms with Crippen LogP contribution in [0, 0.1) is 48.8 Å². The lowest BCUT2D eigenvalue weighted by Crippen LogP contribution is -2.19. The summed E-state index contributed by atoms with van der Waals surface area (Å²) in [5, 5.41) is 16.4. The Bertz CT molecular complexity index is 2230. The van der Waals surface area contributed by atoms with Gasteiger partial charge in [-0.1, -0.05) is 13.5 Å². The molecule has 0 saturated heterocycles. The zero-order valence-electron chi connectivity index (χ0n) is 31.5. The second-order valence-corrected chi connectivity index (χ2v) is 11.3.